The Bertz CT molecular complexity index is 439. The molecule has 0 aliphatic heterocycles. The van der Waals surface area contributed by atoms with E-state index in [9.17, 15) is 9.59 Å². The lowest BCUT2D eigenvalue weighted by atomic mass is 9.93. The fraction of sp³-hybridized carbons (Fsp3) is 0.545. The lowest BCUT2D eigenvalue weighted by Crippen LogP contribution is -2.37. The predicted molar refractivity (Wildman–Crippen MR) is 64.1 cm³/mol. The quantitative estimate of drug-likeness (QED) is 0.725. The largest absolute Gasteiger partial charge is 0.480 e. The van der Waals surface area contributed by atoms with E-state index in [1.165, 1.54) is 20.0 Å². The zero-order valence-electron chi connectivity index (χ0n) is 10.6. The van der Waals surface area contributed by atoms with Crippen molar-refractivity contribution >= 4 is 17.6 Å². The second-order valence-corrected chi connectivity index (χ2v) is 4.37. The van der Waals surface area contributed by atoms with E-state index in [0.717, 1.165) is 0 Å². The summed E-state index contributed by atoms with van der Waals surface area (Å²) < 4.78 is 6.50. The molecule has 1 heterocycles. The normalized spacial score (nSPS) is 11.3. The number of anilines is 1. The third kappa shape index (κ3) is 3.30. The third-order valence-electron chi connectivity index (χ3n) is 2.52. The van der Waals surface area contributed by atoms with E-state index < -0.39 is 17.3 Å². The van der Waals surface area contributed by atoms with E-state index in [-0.39, 0.29) is 0 Å². The maximum absolute atomic E-state index is 11.7. The zero-order chi connectivity index (χ0) is 13.8. The van der Waals surface area contributed by atoms with E-state index in [4.69, 9.17) is 9.84 Å². The Morgan fingerprint density at radius 1 is 1.56 bits per heavy atom. The number of ether oxygens (including phenoxy) is 1. The van der Waals surface area contributed by atoms with E-state index in [1.807, 2.05) is 0 Å². The SMILES string of the molecule is COCCn1cc(NC(=O)C(C)(C)C(=O)O)cn1. The average molecular weight is 255 g/mol. The molecule has 1 aromatic rings. The van der Waals surface area contributed by atoms with Crippen LogP contribution in [-0.4, -0.2) is 40.5 Å². The van der Waals surface area contributed by atoms with Crippen LogP contribution >= 0.6 is 0 Å². The van der Waals surface area contributed by atoms with Gasteiger partial charge in [-0.15, -0.1) is 0 Å². The summed E-state index contributed by atoms with van der Waals surface area (Å²) in [6.07, 6.45) is 3.08. The molecule has 100 valence electrons. The lowest BCUT2D eigenvalue weighted by Gasteiger charge is -2.17. The van der Waals surface area contributed by atoms with Crippen LogP contribution in [0.25, 0.3) is 0 Å². The van der Waals surface area contributed by atoms with Gasteiger partial charge >= 0.3 is 5.97 Å². The van der Waals surface area contributed by atoms with Gasteiger partial charge in [0.25, 0.3) is 0 Å². The smallest absolute Gasteiger partial charge is 0.318 e. The molecule has 1 aromatic heterocycles. The van der Waals surface area contributed by atoms with Crippen LogP contribution in [0.4, 0.5) is 5.69 Å². The van der Waals surface area contributed by atoms with Gasteiger partial charge in [0.2, 0.25) is 5.91 Å². The molecule has 0 saturated heterocycles. The van der Waals surface area contributed by atoms with Crippen LogP contribution in [0, 0.1) is 5.41 Å². The average Bonchev–Trinajstić information content (AvgIpc) is 2.73. The van der Waals surface area contributed by atoms with Crippen LogP contribution < -0.4 is 5.32 Å². The number of aliphatic carboxylic acids is 1. The maximum Gasteiger partial charge on any atom is 0.318 e. The highest BCUT2D eigenvalue weighted by molar-refractivity contribution is 6.07. The minimum absolute atomic E-state index is 0.463. The number of carbonyl (C=O) groups excluding carboxylic acids is 1. The van der Waals surface area contributed by atoms with Crippen molar-refractivity contribution in [3.05, 3.63) is 12.4 Å². The number of carboxylic acids is 1. The molecular weight excluding hydrogens is 238 g/mol. The summed E-state index contributed by atoms with van der Waals surface area (Å²) in [5.74, 6) is -1.76. The van der Waals surface area contributed by atoms with Crippen LogP contribution in [0.15, 0.2) is 12.4 Å². The van der Waals surface area contributed by atoms with Crippen molar-refractivity contribution in [3.63, 3.8) is 0 Å². The molecule has 0 aliphatic rings. The molecule has 1 rings (SSSR count). The van der Waals surface area contributed by atoms with Crippen molar-refractivity contribution in [2.24, 2.45) is 5.41 Å². The number of methoxy groups -OCH3 is 1. The van der Waals surface area contributed by atoms with Crippen LogP contribution in [0.1, 0.15) is 13.8 Å². The van der Waals surface area contributed by atoms with E-state index in [0.29, 0.717) is 18.8 Å². The molecule has 0 spiro atoms. The Labute approximate surface area is 105 Å². The van der Waals surface area contributed by atoms with Crippen molar-refractivity contribution in [1.82, 2.24) is 9.78 Å². The van der Waals surface area contributed by atoms with Crippen molar-refractivity contribution in [2.45, 2.75) is 20.4 Å². The first-order valence-corrected chi connectivity index (χ1v) is 5.44. The first kappa shape index (κ1) is 14.2. The van der Waals surface area contributed by atoms with E-state index in [2.05, 4.69) is 10.4 Å². The summed E-state index contributed by atoms with van der Waals surface area (Å²) in [7, 11) is 1.58. The molecule has 18 heavy (non-hydrogen) atoms. The van der Waals surface area contributed by atoms with Crippen molar-refractivity contribution in [3.8, 4) is 0 Å². The Morgan fingerprint density at radius 2 is 2.22 bits per heavy atom. The highest BCUT2D eigenvalue weighted by Gasteiger charge is 2.36. The minimum Gasteiger partial charge on any atom is -0.480 e. The number of aromatic nitrogens is 2. The van der Waals surface area contributed by atoms with E-state index in [1.54, 1.807) is 18.0 Å². The Kier molecular flexibility index (Phi) is 4.43. The molecule has 0 radical (unpaired) electrons. The number of carboxylic acid groups (broad SMARTS) is 1. The number of hydrogen-bond acceptors (Lipinski definition) is 4. The van der Waals surface area contributed by atoms with Gasteiger partial charge in [-0.1, -0.05) is 0 Å². The summed E-state index contributed by atoms with van der Waals surface area (Å²) in [5.41, 5.74) is -1.01. The molecule has 2 N–H and O–H groups in total. The minimum atomic E-state index is -1.48. The second kappa shape index (κ2) is 5.63. The highest BCUT2D eigenvalue weighted by atomic mass is 16.5. The Balaban J connectivity index is 2.65. The summed E-state index contributed by atoms with van der Waals surface area (Å²) in [5, 5.41) is 15.4. The predicted octanol–water partition coefficient (Wildman–Crippen LogP) is 0.579. The van der Waals surface area contributed by atoms with Gasteiger partial charge in [-0.3, -0.25) is 14.3 Å². The number of nitrogens with zero attached hydrogens (tertiary/aromatic N) is 2. The first-order chi connectivity index (χ1) is 8.37. The molecule has 1 amide bonds. The van der Waals surface area contributed by atoms with Crippen molar-refractivity contribution < 1.29 is 19.4 Å². The van der Waals surface area contributed by atoms with Crippen LogP contribution in [0.5, 0.6) is 0 Å². The molecule has 0 fully saturated rings. The molecule has 0 saturated carbocycles. The molecule has 7 nitrogen and oxygen atoms in total. The third-order valence-corrected chi connectivity index (χ3v) is 2.52. The molecule has 0 aromatic carbocycles. The van der Waals surface area contributed by atoms with Gasteiger partial charge in [0.1, 0.15) is 5.41 Å². The number of hydrogen-bond donors (Lipinski definition) is 2. The Morgan fingerprint density at radius 3 is 2.78 bits per heavy atom. The van der Waals surface area contributed by atoms with Gasteiger partial charge < -0.3 is 15.2 Å². The van der Waals surface area contributed by atoms with Gasteiger partial charge in [0.05, 0.1) is 25.0 Å². The zero-order valence-corrected chi connectivity index (χ0v) is 10.6. The van der Waals surface area contributed by atoms with Crippen molar-refractivity contribution in [1.29, 1.82) is 0 Å². The van der Waals surface area contributed by atoms with Crippen LogP contribution in [0.3, 0.4) is 0 Å². The van der Waals surface area contributed by atoms with Crippen LogP contribution in [-0.2, 0) is 20.9 Å². The molecule has 0 atom stereocenters. The molecule has 0 aliphatic carbocycles. The van der Waals surface area contributed by atoms with Gasteiger partial charge in [-0.25, -0.2) is 0 Å². The topological polar surface area (TPSA) is 93.5 Å². The number of carbonyl (C=O) groups is 2. The number of rotatable bonds is 6. The van der Waals surface area contributed by atoms with Gasteiger partial charge in [0, 0.05) is 13.3 Å². The van der Waals surface area contributed by atoms with Crippen LogP contribution in [0.2, 0.25) is 0 Å². The Hall–Kier alpha value is -1.89. The number of nitrogens with one attached hydrogen (secondary N) is 1. The fourth-order valence-electron chi connectivity index (χ4n) is 1.12. The van der Waals surface area contributed by atoms with Gasteiger partial charge in [-0.2, -0.15) is 5.10 Å². The molecule has 0 bridgehead atoms. The monoisotopic (exact) mass is 255 g/mol. The summed E-state index contributed by atoms with van der Waals surface area (Å²) in [4.78, 5) is 22.6. The van der Waals surface area contributed by atoms with Gasteiger partial charge in [0.15, 0.2) is 0 Å². The summed E-state index contributed by atoms with van der Waals surface area (Å²) in [6.45, 7) is 3.77. The number of amides is 1. The lowest BCUT2D eigenvalue weighted by molar-refractivity contribution is -0.151. The first-order valence-electron chi connectivity index (χ1n) is 5.44. The van der Waals surface area contributed by atoms with Crippen molar-refractivity contribution in [2.75, 3.05) is 19.0 Å². The summed E-state index contributed by atoms with van der Waals surface area (Å²) >= 11 is 0. The molecular formula is C11H17N3O4. The maximum atomic E-state index is 11.7. The molecule has 7 heteroatoms. The second-order valence-electron chi connectivity index (χ2n) is 4.37. The molecule has 0 unspecified atom stereocenters. The van der Waals surface area contributed by atoms with Gasteiger partial charge in [-0.05, 0) is 13.8 Å². The standard InChI is InChI=1S/C11H17N3O4/c1-11(2,10(16)17)9(15)13-8-6-12-14(7-8)4-5-18-3/h6-7H,4-5H2,1-3H3,(H,13,15)(H,16,17). The van der Waals surface area contributed by atoms with E-state index >= 15 is 0 Å². The summed E-state index contributed by atoms with van der Waals surface area (Å²) in [6, 6.07) is 0. The highest BCUT2D eigenvalue weighted by Crippen LogP contribution is 2.18. The fourth-order valence-corrected chi connectivity index (χ4v) is 1.12.